The first-order valence-electron chi connectivity index (χ1n) is 7.66. The Balaban J connectivity index is 2.12. The van der Waals surface area contributed by atoms with Gasteiger partial charge in [-0.25, -0.2) is 9.97 Å². The van der Waals surface area contributed by atoms with E-state index in [1.807, 2.05) is 19.1 Å². The number of nitrogens with zero attached hydrogens (tertiary/aromatic N) is 2. The van der Waals surface area contributed by atoms with Crippen molar-refractivity contribution in [3.8, 4) is 11.4 Å². The van der Waals surface area contributed by atoms with Gasteiger partial charge in [-0.1, -0.05) is 45.0 Å². The van der Waals surface area contributed by atoms with E-state index in [1.165, 1.54) is 16.9 Å². The summed E-state index contributed by atoms with van der Waals surface area (Å²) in [6.07, 6.45) is 0. The third-order valence-corrected chi connectivity index (χ3v) is 5.12. The summed E-state index contributed by atoms with van der Waals surface area (Å²) in [5, 5.41) is 0.712. The molecule has 0 aliphatic rings. The number of amides is 1. The summed E-state index contributed by atoms with van der Waals surface area (Å²) in [5.74, 6) is 0.0868. The van der Waals surface area contributed by atoms with Crippen molar-refractivity contribution in [3.05, 3.63) is 40.4 Å². The van der Waals surface area contributed by atoms with E-state index < -0.39 is 5.91 Å². The number of hydrogen-bond acceptors (Lipinski definition) is 5. The van der Waals surface area contributed by atoms with Gasteiger partial charge in [-0.2, -0.15) is 0 Å². The Hall–Kier alpha value is -2.47. The summed E-state index contributed by atoms with van der Waals surface area (Å²) in [4.78, 5) is 21.7. The Labute approximate surface area is 144 Å². The summed E-state index contributed by atoms with van der Waals surface area (Å²) in [7, 11) is 0. The minimum Gasteiger partial charge on any atom is -0.397 e. The third-order valence-electron chi connectivity index (χ3n) is 4.00. The van der Waals surface area contributed by atoms with E-state index >= 15 is 0 Å². The zero-order valence-electron chi connectivity index (χ0n) is 14.2. The Bertz CT molecular complexity index is 936. The summed E-state index contributed by atoms with van der Waals surface area (Å²) in [5.41, 5.74) is 14.8. The first kappa shape index (κ1) is 16.4. The fourth-order valence-electron chi connectivity index (χ4n) is 2.63. The van der Waals surface area contributed by atoms with E-state index in [2.05, 4.69) is 42.9 Å². The highest BCUT2D eigenvalue weighted by molar-refractivity contribution is 7.21. The average Bonchev–Trinajstić information content (AvgIpc) is 2.84. The molecule has 0 bridgehead atoms. The first-order chi connectivity index (χ1) is 11.2. The second-order valence-electron chi connectivity index (χ2n) is 6.85. The molecule has 5 nitrogen and oxygen atoms in total. The highest BCUT2D eigenvalue weighted by Gasteiger charge is 2.19. The molecule has 0 atom stereocenters. The zero-order valence-corrected chi connectivity index (χ0v) is 15.0. The number of anilines is 1. The number of benzene rings is 1. The number of aromatic nitrogens is 2. The van der Waals surface area contributed by atoms with Crippen LogP contribution in [0.4, 0.5) is 5.69 Å². The van der Waals surface area contributed by atoms with E-state index in [0.29, 0.717) is 26.6 Å². The summed E-state index contributed by atoms with van der Waals surface area (Å²) < 4.78 is 0. The predicted molar refractivity (Wildman–Crippen MR) is 99.2 cm³/mol. The van der Waals surface area contributed by atoms with Gasteiger partial charge >= 0.3 is 0 Å². The molecule has 124 valence electrons. The van der Waals surface area contributed by atoms with Gasteiger partial charge in [-0.3, -0.25) is 4.79 Å². The monoisotopic (exact) mass is 340 g/mol. The lowest BCUT2D eigenvalue weighted by molar-refractivity contribution is 0.100. The van der Waals surface area contributed by atoms with Crippen LogP contribution in [-0.4, -0.2) is 15.9 Å². The van der Waals surface area contributed by atoms with Crippen molar-refractivity contribution in [3.63, 3.8) is 0 Å². The number of primary amides is 1. The van der Waals surface area contributed by atoms with E-state index in [4.69, 9.17) is 11.5 Å². The number of thiophene rings is 1. The van der Waals surface area contributed by atoms with Gasteiger partial charge in [0.1, 0.15) is 9.71 Å². The molecular formula is C18H20N4OS. The molecule has 2 heterocycles. The van der Waals surface area contributed by atoms with Crippen LogP contribution < -0.4 is 11.5 Å². The second kappa shape index (κ2) is 5.56. The Kier molecular flexibility index (Phi) is 3.80. The molecule has 0 aliphatic carbocycles. The number of hydrogen-bond donors (Lipinski definition) is 2. The topological polar surface area (TPSA) is 94.9 Å². The van der Waals surface area contributed by atoms with Crippen LogP contribution in [0.3, 0.4) is 0 Å². The number of aryl methyl sites for hydroxylation is 1. The highest BCUT2D eigenvalue weighted by Crippen LogP contribution is 2.35. The van der Waals surface area contributed by atoms with Crippen LogP contribution in [0.15, 0.2) is 24.3 Å². The first-order valence-corrected chi connectivity index (χ1v) is 8.47. The summed E-state index contributed by atoms with van der Waals surface area (Å²) in [6.45, 7) is 8.39. The number of carbonyl (C=O) groups excluding carboxylic acids is 1. The minimum absolute atomic E-state index is 0.0951. The number of carbonyl (C=O) groups is 1. The summed E-state index contributed by atoms with van der Waals surface area (Å²) in [6, 6.07) is 8.23. The van der Waals surface area contributed by atoms with Gasteiger partial charge in [-0.15, -0.1) is 11.3 Å². The molecular weight excluding hydrogens is 320 g/mol. The minimum atomic E-state index is -0.536. The molecule has 0 fully saturated rings. The standard InChI is InChI=1S/C18H20N4OS/c1-9-12-13(19)14(15(20)23)24-17(12)22-16(21-9)10-5-7-11(8-6-10)18(2,3)4/h5-8H,19H2,1-4H3,(H2,20,23). The largest absolute Gasteiger partial charge is 0.397 e. The molecule has 0 unspecified atom stereocenters. The molecule has 1 aromatic carbocycles. The van der Waals surface area contributed by atoms with E-state index in [0.717, 1.165) is 11.3 Å². The molecule has 0 spiro atoms. The van der Waals surface area contributed by atoms with Gasteiger partial charge in [0.05, 0.1) is 16.8 Å². The normalized spacial score (nSPS) is 11.8. The van der Waals surface area contributed by atoms with Crippen molar-refractivity contribution in [2.24, 2.45) is 5.73 Å². The van der Waals surface area contributed by atoms with Gasteiger partial charge in [0.2, 0.25) is 0 Å². The lowest BCUT2D eigenvalue weighted by Gasteiger charge is -2.19. The van der Waals surface area contributed by atoms with Crippen molar-refractivity contribution in [2.45, 2.75) is 33.1 Å². The van der Waals surface area contributed by atoms with Crippen molar-refractivity contribution in [1.29, 1.82) is 0 Å². The molecule has 0 radical (unpaired) electrons. The van der Waals surface area contributed by atoms with E-state index in [-0.39, 0.29) is 5.41 Å². The van der Waals surface area contributed by atoms with Crippen LogP contribution in [0, 0.1) is 6.92 Å². The van der Waals surface area contributed by atoms with Crippen molar-refractivity contribution >= 4 is 33.1 Å². The van der Waals surface area contributed by atoms with Gasteiger partial charge in [0, 0.05) is 5.56 Å². The van der Waals surface area contributed by atoms with Crippen molar-refractivity contribution < 1.29 is 4.79 Å². The molecule has 24 heavy (non-hydrogen) atoms. The van der Waals surface area contributed by atoms with Crippen molar-refractivity contribution in [1.82, 2.24) is 9.97 Å². The lowest BCUT2D eigenvalue weighted by atomic mass is 9.87. The van der Waals surface area contributed by atoms with Gasteiger partial charge in [-0.05, 0) is 17.9 Å². The van der Waals surface area contributed by atoms with Crippen LogP contribution in [0.1, 0.15) is 41.7 Å². The molecule has 0 saturated heterocycles. The molecule has 4 N–H and O–H groups in total. The number of fused-ring (bicyclic) bond motifs is 1. The van der Waals surface area contributed by atoms with Crippen LogP contribution in [0.2, 0.25) is 0 Å². The molecule has 2 aromatic heterocycles. The summed E-state index contributed by atoms with van der Waals surface area (Å²) >= 11 is 1.21. The molecule has 6 heteroatoms. The number of rotatable bonds is 2. The third kappa shape index (κ3) is 2.73. The second-order valence-corrected chi connectivity index (χ2v) is 7.85. The predicted octanol–water partition coefficient (Wildman–Crippen LogP) is 3.65. The highest BCUT2D eigenvalue weighted by atomic mass is 32.1. The Morgan fingerprint density at radius 1 is 1.12 bits per heavy atom. The Morgan fingerprint density at radius 3 is 2.29 bits per heavy atom. The van der Waals surface area contributed by atoms with E-state index in [9.17, 15) is 4.79 Å². The quantitative estimate of drug-likeness (QED) is 0.744. The molecule has 3 aromatic rings. The smallest absolute Gasteiger partial charge is 0.260 e. The van der Waals surface area contributed by atoms with Crippen LogP contribution in [0.5, 0.6) is 0 Å². The maximum Gasteiger partial charge on any atom is 0.260 e. The van der Waals surface area contributed by atoms with Gasteiger partial charge < -0.3 is 11.5 Å². The van der Waals surface area contributed by atoms with Crippen LogP contribution in [0.25, 0.3) is 21.6 Å². The number of nitrogens with two attached hydrogens (primary N) is 2. The maximum atomic E-state index is 11.5. The maximum absolute atomic E-state index is 11.5. The molecule has 1 amide bonds. The molecule has 3 rings (SSSR count). The lowest BCUT2D eigenvalue weighted by Crippen LogP contribution is -2.10. The van der Waals surface area contributed by atoms with Crippen LogP contribution >= 0.6 is 11.3 Å². The van der Waals surface area contributed by atoms with Gasteiger partial charge in [0.15, 0.2) is 5.82 Å². The Morgan fingerprint density at radius 2 is 1.75 bits per heavy atom. The van der Waals surface area contributed by atoms with Crippen LogP contribution in [-0.2, 0) is 5.41 Å². The fraction of sp³-hybridized carbons (Fsp3) is 0.278. The zero-order chi connectivity index (χ0) is 17.6. The fourth-order valence-corrected chi connectivity index (χ4v) is 3.62. The SMILES string of the molecule is Cc1nc(-c2ccc(C(C)(C)C)cc2)nc2sc(C(N)=O)c(N)c12. The van der Waals surface area contributed by atoms with E-state index in [1.54, 1.807) is 0 Å². The number of nitrogen functional groups attached to an aromatic ring is 1. The van der Waals surface area contributed by atoms with Crippen molar-refractivity contribution in [2.75, 3.05) is 5.73 Å². The average molecular weight is 340 g/mol. The molecule has 0 saturated carbocycles. The van der Waals surface area contributed by atoms with Gasteiger partial charge in [0.25, 0.3) is 5.91 Å². The molecule has 0 aliphatic heterocycles.